The zero-order valence-electron chi connectivity index (χ0n) is 12.2. The van der Waals surface area contributed by atoms with Crippen molar-refractivity contribution in [1.29, 1.82) is 0 Å². The van der Waals surface area contributed by atoms with Gasteiger partial charge in [-0.3, -0.25) is 0 Å². The highest BCUT2D eigenvalue weighted by Crippen LogP contribution is 2.36. The number of benzene rings is 1. The van der Waals surface area contributed by atoms with Crippen molar-refractivity contribution < 1.29 is 13.6 Å². The van der Waals surface area contributed by atoms with E-state index in [1.54, 1.807) is 12.1 Å². The molecule has 0 spiro atoms. The summed E-state index contributed by atoms with van der Waals surface area (Å²) in [5.74, 6) is -0.0938. The lowest BCUT2D eigenvalue weighted by Crippen LogP contribution is -2.41. The molecule has 5 heteroatoms. The van der Waals surface area contributed by atoms with Crippen LogP contribution >= 0.6 is 15.9 Å². The summed E-state index contributed by atoms with van der Waals surface area (Å²) in [5.41, 5.74) is 0. The molecule has 1 aromatic carbocycles. The molecule has 0 fully saturated rings. The number of hydrogen-bond donors (Lipinski definition) is 0. The lowest BCUT2D eigenvalue weighted by atomic mass is 10.2. The summed E-state index contributed by atoms with van der Waals surface area (Å²) in [6, 6.07) is 4.66. The molecule has 0 aromatic heterocycles. The molecule has 19 heavy (non-hydrogen) atoms. The van der Waals surface area contributed by atoms with Crippen molar-refractivity contribution in [3.05, 3.63) is 28.5 Å². The summed E-state index contributed by atoms with van der Waals surface area (Å²) in [6.07, 6.45) is 0. The van der Waals surface area contributed by atoms with Crippen LogP contribution in [0.1, 0.15) is 20.8 Å². The van der Waals surface area contributed by atoms with Gasteiger partial charge >= 0.3 is 0 Å². The molecule has 0 heterocycles. The first-order valence-electron chi connectivity index (χ1n) is 6.35. The molecule has 0 aliphatic rings. The summed E-state index contributed by atoms with van der Waals surface area (Å²) < 4.78 is 25.6. The van der Waals surface area contributed by atoms with Gasteiger partial charge in [0.1, 0.15) is 6.61 Å². The van der Waals surface area contributed by atoms with Gasteiger partial charge in [0.05, 0.1) is 6.61 Å². The fraction of sp³-hybridized carbons (Fsp3) is 0.571. The summed E-state index contributed by atoms with van der Waals surface area (Å²) in [4.78, 5) is 0. The van der Waals surface area contributed by atoms with E-state index in [4.69, 9.17) is 9.16 Å². The van der Waals surface area contributed by atoms with Gasteiger partial charge in [0.2, 0.25) is 0 Å². The number of halogens is 2. The molecular formula is C14H22BrFO2Si. The van der Waals surface area contributed by atoms with E-state index in [9.17, 15) is 4.39 Å². The monoisotopic (exact) mass is 348 g/mol. The highest BCUT2D eigenvalue weighted by atomic mass is 79.9. The molecule has 0 bridgehead atoms. The number of hydrogen-bond acceptors (Lipinski definition) is 2. The molecule has 0 N–H and O–H groups in total. The van der Waals surface area contributed by atoms with Crippen molar-refractivity contribution >= 4 is 24.2 Å². The van der Waals surface area contributed by atoms with Gasteiger partial charge in [-0.15, -0.1) is 0 Å². The van der Waals surface area contributed by atoms with Crippen molar-refractivity contribution in [2.75, 3.05) is 13.2 Å². The average molecular weight is 349 g/mol. The number of rotatable bonds is 5. The van der Waals surface area contributed by atoms with Crippen LogP contribution in [0.5, 0.6) is 5.75 Å². The second-order valence-corrected chi connectivity index (χ2v) is 11.8. The lowest BCUT2D eigenvalue weighted by molar-refractivity contribution is 0.198. The highest BCUT2D eigenvalue weighted by molar-refractivity contribution is 9.10. The fourth-order valence-electron chi connectivity index (χ4n) is 1.25. The van der Waals surface area contributed by atoms with E-state index in [0.29, 0.717) is 13.2 Å². The Bertz CT molecular complexity index is 430. The van der Waals surface area contributed by atoms with Crippen LogP contribution in [-0.4, -0.2) is 21.5 Å². The zero-order valence-corrected chi connectivity index (χ0v) is 14.8. The SMILES string of the molecule is CC(C)(C)[Si](C)(C)OCCOc1cc(Br)ccc1F. The van der Waals surface area contributed by atoms with Gasteiger partial charge in [0.25, 0.3) is 0 Å². The molecule has 1 aromatic rings. The van der Waals surface area contributed by atoms with Gasteiger partial charge in [-0.1, -0.05) is 36.7 Å². The molecule has 0 radical (unpaired) electrons. The Balaban J connectivity index is 2.45. The van der Waals surface area contributed by atoms with Crippen LogP contribution in [0.2, 0.25) is 18.1 Å². The van der Waals surface area contributed by atoms with E-state index in [0.717, 1.165) is 4.47 Å². The van der Waals surface area contributed by atoms with Crippen LogP contribution in [0.4, 0.5) is 4.39 Å². The van der Waals surface area contributed by atoms with Crippen molar-refractivity contribution in [3.63, 3.8) is 0 Å². The molecule has 108 valence electrons. The molecule has 0 aliphatic carbocycles. The first kappa shape index (κ1) is 16.7. The Labute approximate surface area is 124 Å². The van der Waals surface area contributed by atoms with E-state index in [-0.39, 0.29) is 16.6 Å². The third-order valence-electron chi connectivity index (χ3n) is 3.50. The third kappa shape index (κ3) is 4.89. The smallest absolute Gasteiger partial charge is 0.192 e. The minimum atomic E-state index is -1.75. The minimum Gasteiger partial charge on any atom is -0.488 e. The van der Waals surface area contributed by atoms with Crippen LogP contribution in [0.25, 0.3) is 0 Å². The normalized spacial score (nSPS) is 12.6. The second kappa shape index (κ2) is 6.37. The van der Waals surface area contributed by atoms with Crippen LogP contribution in [-0.2, 0) is 4.43 Å². The van der Waals surface area contributed by atoms with Gasteiger partial charge in [0, 0.05) is 4.47 Å². The van der Waals surface area contributed by atoms with Crippen LogP contribution in [0.3, 0.4) is 0 Å². The standard InChI is InChI=1S/C14H22BrFO2Si/c1-14(2,3)19(4,5)18-9-8-17-13-10-11(15)6-7-12(13)16/h6-7,10H,8-9H2,1-5H3. The Morgan fingerprint density at radius 1 is 1.21 bits per heavy atom. The maximum atomic E-state index is 13.4. The van der Waals surface area contributed by atoms with Crippen molar-refractivity contribution in [3.8, 4) is 5.75 Å². The van der Waals surface area contributed by atoms with Crippen molar-refractivity contribution in [2.45, 2.75) is 38.9 Å². The molecule has 0 saturated heterocycles. The summed E-state index contributed by atoms with van der Waals surface area (Å²) in [5, 5.41) is 0.175. The molecular weight excluding hydrogens is 327 g/mol. The first-order chi connectivity index (χ1) is 8.63. The van der Waals surface area contributed by atoms with E-state index in [1.807, 2.05) is 0 Å². The molecule has 0 aliphatic heterocycles. The van der Waals surface area contributed by atoms with Gasteiger partial charge in [0.15, 0.2) is 19.9 Å². The Morgan fingerprint density at radius 3 is 2.42 bits per heavy atom. The summed E-state index contributed by atoms with van der Waals surface area (Å²) in [7, 11) is -1.75. The topological polar surface area (TPSA) is 18.5 Å². The maximum Gasteiger partial charge on any atom is 0.192 e. The fourth-order valence-corrected chi connectivity index (χ4v) is 2.62. The van der Waals surface area contributed by atoms with Gasteiger partial charge < -0.3 is 9.16 Å². The minimum absolute atomic E-state index is 0.175. The molecule has 0 saturated carbocycles. The highest BCUT2D eigenvalue weighted by Gasteiger charge is 2.36. The van der Waals surface area contributed by atoms with Gasteiger partial charge in [-0.05, 0) is 36.3 Å². The maximum absolute atomic E-state index is 13.4. The van der Waals surface area contributed by atoms with Crippen molar-refractivity contribution in [2.24, 2.45) is 0 Å². The Kier molecular flexibility index (Phi) is 5.59. The zero-order chi connectivity index (χ0) is 14.7. The molecule has 2 nitrogen and oxygen atoms in total. The summed E-state index contributed by atoms with van der Waals surface area (Å²) >= 11 is 3.29. The Hall–Kier alpha value is -0.393. The Morgan fingerprint density at radius 2 is 1.84 bits per heavy atom. The van der Waals surface area contributed by atoms with Crippen LogP contribution in [0, 0.1) is 5.82 Å². The van der Waals surface area contributed by atoms with E-state index in [1.165, 1.54) is 6.07 Å². The first-order valence-corrected chi connectivity index (χ1v) is 10.1. The number of ether oxygens (including phenoxy) is 1. The largest absolute Gasteiger partial charge is 0.488 e. The lowest BCUT2D eigenvalue weighted by Gasteiger charge is -2.36. The van der Waals surface area contributed by atoms with E-state index < -0.39 is 8.32 Å². The van der Waals surface area contributed by atoms with Gasteiger partial charge in [-0.25, -0.2) is 4.39 Å². The molecule has 1 rings (SSSR count). The molecule has 0 amide bonds. The van der Waals surface area contributed by atoms with Crippen molar-refractivity contribution in [1.82, 2.24) is 0 Å². The quantitative estimate of drug-likeness (QED) is 0.551. The predicted octanol–water partition coefficient (Wildman–Crippen LogP) is 4.99. The van der Waals surface area contributed by atoms with E-state index in [2.05, 4.69) is 49.8 Å². The molecule has 0 atom stereocenters. The summed E-state index contributed by atoms with van der Waals surface area (Å²) in [6.45, 7) is 11.8. The van der Waals surface area contributed by atoms with Crippen LogP contribution < -0.4 is 4.74 Å². The predicted molar refractivity (Wildman–Crippen MR) is 82.7 cm³/mol. The molecule has 0 unspecified atom stereocenters. The van der Waals surface area contributed by atoms with Crippen LogP contribution in [0.15, 0.2) is 22.7 Å². The second-order valence-electron chi connectivity index (χ2n) is 6.03. The average Bonchev–Trinajstić information content (AvgIpc) is 2.27. The third-order valence-corrected chi connectivity index (χ3v) is 8.53. The van der Waals surface area contributed by atoms with Gasteiger partial charge in [-0.2, -0.15) is 0 Å². The van der Waals surface area contributed by atoms with E-state index >= 15 is 0 Å².